The van der Waals surface area contributed by atoms with Gasteiger partial charge in [0.05, 0.1) is 6.10 Å². The smallest absolute Gasteiger partial charge is 0.377 e. The summed E-state index contributed by atoms with van der Waals surface area (Å²) in [5.74, 6) is 0.412. The average Bonchev–Trinajstić information content (AvgIpc) is 2.44. The molecule has 0 aliphatic rings. The van der Waals surface area contributed by atoms with Gasteiger partial charge in [0.15, 0.2) is 0 Å². The van der Waals surface area contributed by atoms with E-state index in [0.29, 0.717) is 18.9 Å². The molecule has 0 aliphatic heterocycles. The van der Waals surface area contributed by atoms with Crippen LogP contribution in [0.2, 0.25) is 5.82 Å². The van der Waals surface area contributed by atoms with E-state index in [9.17, 15) is 5.11 Å². The summed E-state index contributed by atoms with van der Waals surface area (Å²) in [7, 11) is 1.54. The minimum Gasteiger partial charge on any atom is -0.555 e. The second-order valence-electron chi connectivity index (χ2n) is 5.36. The summed E-state index contributed by atoms with van der Waals surface area (Å²) in [6.07, 6.45) is 1.04. The summed E-state index contributed by atoms with van der Waals surface area (Å²) in [4.78, 5) is 0. The quantitative estimate of drug-likeness (QED) is 0.347. The van der Waals surface area contributed by atoms with Crippen LogP contribution in [-0.2, 0) is 11.1 Å². The molecule has 0 aromatic heterocycles. The molecule has 0 saturated carbocycles. The Morgan fingerprint density at radius 1 is 1.30 bits per heavy atom. The van der Waals surface area contributed by atoms with Gasteiger partial charge in [0, 0.05) is 12.4 Å². The van der Waals surface area contributed by atoms with Crippen LogP contribution in [0.4, 0.5) is 0 Å². The van der Waals surface area contributed by atoms with Gasteiger partial charge in [-0.2, -0.15) is 0 Å². The molecule has 0 amide bonds. The first-order chi connectivity index (χ1) is 9.63. The molecule has 1 radical (unpaired) electrons. The molecule has 0 fully saturated rings. The Balaban J connectivity index is 2.51. The van der Waals surface area contributed by atoms with Crippen molar-refractivity contribution in [3.63, 3.8) is 0 Å². The molecule has 0 unspecified atom stereocenters. The van der Waals surface area contributed by atoms with Crippen molar-refractivity contribution in [3.8, 4) is 0 Å². The number of benzene rings is 1. The topological polar surface area (TPSA) is 65.3 Å². The van der Waals surface area contributed by atoms with Crippen LogP contribution in [0.15, 0.2) is 30.3 Å². The molecular formula is C15H24BN2O2. The van der Waals surface area contributed by atoms with Crippen molar-refractivity contribution in [1.82, 2.24) is 5.32 Å². The largest absolute Gasteiger partial charge is 0.555 e. The van der Waals surface area contributed by atoms with Crippen molar-refractivity contribution >= 4 is 13.9 Å². The lowest BCUT2D eigenvalue weighted by Gasteiger charge is -2.22. The maximum absolute atomic E-state index is 10.3. The molecule has 109 valence electrons. The Hall–Kier alpha value is -1.33. The lowest BCUT2D eigenvalue weighted by Crippen LogP contribution is -2.35. The third-order valence-electron chi connectivity index (χ3n) is 3.04. The van der Waals surface area contributed by atoms with E-state index in [4.69, 9.17) is 10.1 Å². The van der Waals surface area contributed by atoms with Gasteiger partial charge in [0.2, 0.25) is 0 Å². The summed E-state index contributed by atoms with van der Waals surface area (Å²) < 4.78 is 4.95. The molecule has 0 spiro atoms. The predicted octanol–water partition coefficient (Wildman–Crippen LogP) is 1.87. The Labute approximate surface area is 122 Å². The van der Waals surface area contributed by atoms with E-state index in [1.807, 2.05) is 30.3 Å². The lowest BCUT2D eigenvalue weighted by molar-refractivity contribution is 0.157. The zero-order chi connectivity index (χ0) is 14.8. The summed E-state index contributed by atoms with van der Waals surface area (Å²) in [6.45, 7) is 5.66. The first-order valence-electron chi connectivity index (χ1n) is 7.04. The van der Waals surface area contributed by atoms with Crippen molar-refractivity contribution in [1.29, 1.82) is 5.41 Å². The Kier molecular flexibility index (Phi) is 8.00. The van der Waals surface area contributed by atoms with Gasteiger partial charge in [-0.15, -0.1) is 0 Å². The van der Waals surface area contributed by atoms with Gasteiger partial charge >= 0.3 is 7.48 Å². The van der Waals surface area contributed by atoms with E-state index in [2.05, 4.69) is 19.2 Å². The molecule has 0 heterocycles. The van der Waals surface area contributed by atoms with Gasteiger partial charge in [0.25, 0.3) is 0 Å². The normalized spacial score (nSPS) is 13.8. The molecule has 4 nitrogen and oxygen atoms in total. The van der Waals surface area contributed by atoms with E-state index in [0.717, 1.165) is 18.5 Å². The zero-order valence-corrected chi connectivity index (χ0v) is 12.3. The first-order valence-corrected chi connectivity index (χ1v) is 7.04. The van der Waals surface area contributed by atoms with Gasteiger partial charge in [-0.3, -0.25) is 5.41 Å². The Morgan fingerprint density at radius 3 is 2.60 bits per heavy atom. The fourth-order valence-corrected chi connectivity index (χ4v) is 1.97. The summed E-state index contributed by atoms with van der Waals surface area (Å²) >= 11 is 0. The Morgan fingerprint density at radius 2 is 2.00 bits per heavy atom. The van der Waals surface area contributed by atoms with Crippen molar-refractivity contribution in [2.75, 3.05) is 13.1 Å². The fourth-order valence-electron chi connectivity index (χ4n) is 1.97. The van der Waals surface area contributed by atoms with E-state index in [-0.39, 0.29) is 5.82 Å². The highest BCUT2D eigenvalue weighted by molar-refractivity contribution is 6.32. The molecule has 0 saturated heterocycles. The minimum absolute atomic E-state index is 0.140. The van der Waals surface area contributed by atoms with Crippen LogP contribution in [0.1, 0.15) is 19.4 Å². The highest BCUT2D eigenvalue weighted by Crippen LogP contribution is 2.17. The molecular weight excluding hydrogens is 251 g/mol. The van der Waals surface area contributed by atoms with Gasteiger partial charge in [0.1, 0.15) is 6.40 Å². The summed E-state index contributed by atoms with van der Waals surface area (Å²) in [6, 6.07) is 9.98. The highest BCUT2D eigenvalue weighted by atomic mass is 16.4. The number of aliphatic hydroxyl groups excluding tert-OH is 1. The van der Waals surface area contributed by atoms with E-state index in [1.165, 1.54) is 0 Å². The van der Waals surface area contributed by atoms with Crippen LogP contribution >= 0.6 is 0 Å². The minimum atomic E-state index is -0.533. The second kappa shape index (κ2) is 9.56. The van der Waals surface area contributed by atoms with Gasteiger partial charge in [-0.05, 0) is 24.4 Å². The number of hydrogen-bond acceptors (Lipinski definition) is 4. The molecule has 1 rings (SSSR count). The van der Waals surface area contributed by atoms with Crippen molar-refractivity contribution < 1.29 is 9.76 Å². The van der Waals surface area contributed by atoms with Crippen LogP contribution in [0.25, 0.3) is 0 Å². The lowest BCUT2D eigenvalue weighted by atomic mass is 9.72. The SMILES string of the molecule is CC(C)CNC[C@@H](O)[C@@H]([B]OC=N)Cc1ccccc1. The van der Waals surface area contributed by atoms with Crippen LogP contribution in [0.3, 0.4) is 0 Å². The van der Waals surface area contributed by atoms with Crippen LogP contribution < -0.4 is 5.32 Å². The van der Waals surface area contributed by atoms with Crippen LogP contribution in [0.5, 0.6) is 0 Å². The zero-order valence-electron chi connectivity index (χ0n) is 12.3. The van der Waals surface area contributed by atoms with E-state index < -0.39 is 6.10 Å². The van der Waals surface area contributed by atoms with E-state index in [1.54, 1.807) is 7.48 Å². The molecule has 0 bridgehead atoms. The summed E-state index contributed by atoms with van der Waals surface area (Å²) in [5, 5.41) is 20.4. The van der Waals surface area contributed by atoms with Gasteiger partial charge < -0.3 is 15.1 Å². The molecule has 20 heavy (non-hydrogen) atoms. The summed E-state index contributed by atoms with van der Waals surface area (Å²) in [5.41, 5.74) is 1.14. The predicted molar refractivity (Wildman–Crippen MR) is 83.2 cm³/mol. The van der Waals surface area contributed by atoms with Crippen LogP contribution in [0, 0.1) is 11.3 Å². The Bertz CT molecular complexity index is 373. The monoisotopic (exact) mass is 275 g/mol. The maximum atomic E-state index is 10.3. The number of aliphatic hydroxyl groups is 1. The highest BCUT2D eigenvalue weighted by Gasteiger charge is 2.22. The maximum Gasteiger partial charge on any atom is 0.377 e. The average molecular weight is 275 g/mol. The van der Waals surface area contributed by atoms with Crippen LogP contribution in [-0.4, -0.2) is 38.2 Å². The van der Waals surface area contributed by atoms with Crippen molar-refractivity contribution in [2.45, 2.75) is 32.2 Å². The second-order valence-corrected chi connectivity index (χ2v) is 5.36. The number of hydrogen-bond donors (Lipinski definition) is 3. The third-order valence-corrected chi connectivity index (χ3v) is 3.04. The van der Waals surface area contributed by atoms with E-state index >= 15 is 0 Å². The van der Waals surface area contributed by atoms with Crippen molar-refractivity contribution in [3.05, 3.63) is 35.9 Å². The standard InChI is InChI=1S/C15H24BN2O2/c1-12(2)9-18-10-15(19)14(16-20-11-17)8-13-6-4-3-5-7-13/h3-7,11-12,14-15,17-19H,8-10H2,1-2H3/t14-,15+/m0/s1. The number of nitrogens with one attached hydrogen (secondary N) is 2. The molecule has 5 heteroatoms. The first kappa shape index (κ1) is 16.7. The van der Waals surface area contributed by atoms with Gasteiger partial charge in [-0.1, -0.05) is 44.2 Å². The molecule has 2 atom stereocenters. The fraction of sp³-hybridized carbons (Fsp3) is 0.533. The molecule has 1 aromatic carbocycles. The third kappa shape index (κ3) is 6.73. The molecule has 1 aromatic rings. The number of rotatable bonds is 10. The molecule has 0 aliphatic carbocycles. The van der Waals surface area contributed by atoms with Gasteiger partial charge in [-0.25, -0.2) is 0 Å². The molecule has 3 N–H and O–H groups in total. The van der Waals surface area contributed by atoms with Crippen molar-refractivity contribution in [2.24, 2.45) is 5.92 Å².